The summed E-state index contributed by atoms with van der Waals surface area (Å²) < 4.78 is 2.51. The van der Waals surface area contributed by atoms with Crippen LogP contribution in [-0.4, -0.2) is 26.4 Å². The van der Waals surface area contributed by atoms with E-state index >= 15 is 0 Å². The van der Waals surface area contributed by atoms with Crippen molar-refractivity contribution in [3.63, 3.8) is 0 Å². The Labute approximate surface area is 99.3 Å². The standard InChI is InChI=1S/C11H19N3O3/c1-11(2,17)4-7-13-6-3-9(15)14(8-5-12)10(13)16/h3,6,17H,4-5,7-8,12H2,1-2H3. The van der Waals surface area contributed by atoms with Crippen LogP contribution >= 0.6 is 0 Å². The molecule has 0 aliphatic carbocycles. The topological polar surface area (TPSA) is 90.2 Å². The van der Waals surface area contributed by atoms with Crippen molar-refractivity contribution in [3.8, 4) is 0 Å². The zero-order valence-corrected chi connectivity index (χ0v) is 10.2. The van der Waals surface area contributed by atoms with Crippen LogP contribution in [0.15, 0.2) is 21.9 Å². The molecular weight excluding hydrogens is 222 g/mol. The Kier molecular flexibility index (Phi) is 4.25. The predicted octanol–water partition coefficient (Wildman–Crippen LogP) is -0.870. The highest BCUT2D eigenvalue weighted by Crippen LogP contribution is 2.07. The molecule has 96 valence electrons. The van der Waals surface area contributed by atoms with Crippen molar-refractivity contribution in [1.82, 2.24) is 9.13 Å². The van der Waals surface area contributed by atoms with E-state index in [2.05, 4.69) is 0 Å². The Morgan fingerprint density at radius 2 is 2.00 bits per heavy atom. The Morgan fingerprint density at radius 3 is 2.53 bits per heavy atom. The van der Waals surface area contributed by atoms with Gasteiger partial charge in [0.15, 0.2) is 0 Å². The number of aromatic nitrogens is 2. The summed E-state index contributed by atoms with van der Waals surface area (Å²) in [6.45, 7) is 4.17. The first-order chi connectivity index (χ1) is 7.85. The Hall–Kier alpha value is -1.40. The van der Waals surface area contributed by atoms with E-state index in [4.69, 9.17) is 5.73 Å². The molecular formula is C11H19N3O3. The molecule has 0 spiro atoms. The quantitative estimate of drug-likeness (QED) is 0.701. The highest BCUT2D eigenvalue weighted by Gasteiger charge is 2.13. The highest BCUT2D eigenvalue weighted by molar-refractivity contribution is 4.87. The first kappa shape index (κ1) is 13.7. The first-order valence-electron chi connectivity index (χ1n) is 5.58. The predicted molar refractivity (Wildman–Crippen MR) is 64.9 cm³/mol. The lowest BCUT2D eigenvalue weighted by Gasteiger charge is -2.17. The van der Waals surface area contributed by atoms with Gasteiger partial charge in [-0.1, -0.05) is 0 Å². The maximum Gasteiger partial charge on any atom is 0.331 e. The van der Waals surface area contributed by atoms with E-state index in [1.54, 1.807) is 13.8 Å². The third-order valence-corrected chi connectivity index (χ3v) is 2.46. The summed E-state index contributed by atoms with van der Waals surface area (Å²) in [4.78, 5) is 23.3. The van der Waals surface area contributed by atoms with Crippen LogP contribution in [0.3, 0.4) is 0 Å². The van der Waals surface area contributed by atoms with Gasteiger partial charge >= 0.3 is 5.69 Å². The molecule has 0 atom stereocenters. The molecule has 17 heavy (non-hydrogen) atoms. The number of nitrogens with two attached hydrogens (primary N) is 1. The highest BCUT2D eigenvalue weighted by atomic mass is 16.3. The van der Waals surface area contributed by atoms with Gasteiger partial charge in [-0.15, -0.1) is 0 Å². The lowest BCUT2D eigenvalue weighted by atomic mass is 10.1. The normalized spacial score (nSPS) is 11.8. The third kappa shape index (κ3) is 3.83. The van der Waals surface area contributed by atoms with Crippen LogP contribution in [0, 0.1) is 0 Å². The van der Waals surface area contributed by atoms with E-state index in [9.17, 15) is 14.7 Å². The van der Waals surface area contributed by atoms with E-state index < -0.39 is 5.60 Å². The fourth-order valence-electron chi connectivity index (χ4n) is 1.46. The summed E-state index contributed by atoms with van der Waals surface area (Å²) in [5, 5.41) is 9.59. The lowest BCUT2D eigenvalue weighted by molar-refractivity contribution is 0.0656. The van der Waals surface area contributed by atoms with Crippen LogP contribution in [-0.2, 0) is 13.1 Å². The van der Waals surface area contributed by atoms with Gasteiger partial charge in [0, 0.05) is 31.9 Å². The smallest absolute Gasteiger partial charge is 0.331 e. The first-order valence-corrected chi connectivity index (χ1v) is 5.58. The second-order valence-electron chi connectivity index (χ2n) is 4.63. The maximum atomic E-state index is 11.9. The number of rotatable bonds is 5. The molecule has 0 bridgehead atoms. The van der Waals surface area contributed by atoms with Gasteiger partial charge in [0.1, 0.15) is 0 Å². The van der Waals surface area contributed by atoms with Crippen molar-refractivity contribution in [1.29, 1.82) is 0 Å². The molecule has 0 amide bonds. The van der Waals surface area contributed by atoms with Crippen LogP contribution in [0.5, 0.6) is 0 Å². The van der Waals surface area contributed by atoms with Crippen LogP contribution in [0.2, 0.25) is 0 Å². The molecule has 0 aromatic carbocycles. The summed E-state index contributed by atoms with van der Waals surface area (Å²) in [5.74, 6) is 0. The van der Waals surface area contributed by atoms with Crippen molar-refractivity contribution in [3.05, 3.63) is 33.1 Å². The Balaban J connectivity index is 2.99. The number of aliphatic hydroxyl groups is 1. The lowest BCUT2D eigenvalue weighted by Crippen LogP contribution is -2.41. The molecule has 0 unspecified atom stereocenters. The summed E-state index contributed by atoms with van der Waals surface area (Å²) in [6.07, 6.45) is 1.89. The monoisotopic (exact) mass is 241 g/mol. The van der Waals surface area contributed by atoms with Gasteiger partial charge < -0.3 is 15.4 Å². The molecule has 6 nitrogen and oxygen atoms in total. The molecule has 0 aliphatic heterocycles. The molecule has 3 N–H and O–H groups in total. The van der Waals surface area contributed by atoms with Gasteiger partial charge in [-0.05, 0) is 20.3 Å². The summed E-state index contributed by atoms with van der Waals surface area (Å²) in [5.41, 5.74) is 3.78. The van der Waals surface area contributed by atoms with Gasteiger partial charge in [-0.3, -0.25) is 9.36 Å². The largest absolute Gasteiger partial charge is 0.390 e. The van der Waals surface area contributed by atoms with Crippen LogP contribution < -0.4 is 17.0 Å². The fraction of sp³-hybridized carbons (Fsp3) is 0.636. The molecule has 0 aliphatic rings. The summed E-state index contributed by atoms with van der Waals surface area (Å²) in [7, 11) is 0. The molecule has 1 aromatic rings. The van der Waals surface area contributed by atoms with Crippen LogP contribution in [0.25, 0.3) is 0 Å². The molecule has 0 radical (unpaired) electrons. The van der Waals surface area contributed by atoms with Crippen LogP contribution in [0.1, 0.15) is 20.3 Å². The minimum absolute atomic E-state index is 0.209. The van der Waals surface area contributed by atoms with Crippen molar-refractivity contribution in [2.45, 2.75) is 39.0 Å². The van der Waals surface area contributed by atoms with E-state index in [0.29, 0.717) is 13.0 Å². The van der Waals surface area contributed by atoms with Crippen molar-refractivity contribution in [2.75, 3.05) is 6.54 Å². The summed E-state index contributed by atoms with van der Waals surface area (Å²) in [6, 6.07) is 1.33. The van der Waals surface area contributed by atoms with Gasteiger partial charge in [0.25, 0.3) is 5.56 Å². The maximum absolute atomic E-state index is 11.9. The Bertz CT molecular complexity index is 482. The van der Waals surface area contributed by atoms with E-state index in [0.717, 1.165) is 4.57 Å². The molecule has 0 saturated carbocycles. The summed E-state index contributed by atoms with van der Waals surface area (Å²) >= 11 is 0. The van der Waals surface area contributed by atoms with Gasteiger partial charge in [-0.25, -0.2) is 4.79 Å². The minimum Gasteiger partial charge on any atom is -0.390 e. The average Bonchev–Trinajstić information content (AvgIpc) is 2.22. The van der Waals surface area contributed by atoms with Crippen molar-refractivity contribution >= 4 is 0 Å². The minimum atomic E-state index is -0.839. The number of aryl methyl sites for hydroxylation is 1. The van der Waals surface area contributed by atoms with Gasteiger partial charge in [0.2, 0.25) is 0 Å². The average molecular weight is 241 g/mol. The molecule has 0 fully saturated rings. The van der Waals surface area contributed by atoms with Crippen molar-refractivity contribution in [2.24, 2.45) is 5.73 Å². The molecule has 1 heterocycles. The zero-order chi connectivity index (χ0) is 13.1. The fourth-order valence-corrected chi connectivity index (χ4v) is 1.46. The van der Waals surface area contributed by atoms with Gasteiger partial charge in [0.05, 0.1) is 5.60 Å². The zero-order valence-electron chi connectivity index (χ0n) is 10.2. The van der Waals surface area contributed by atoms with E-state index in [1.807, 2.05) is 0 Å². The van der Waals surface area contributed by atoms with E-state index in [-0.39, 0.29) is 24.3 Å². The number of nitrogens with zero attached hydrogens (tertiary/aromatic N) is 2. The third-order valence-electron chi connectivity index (χ3n) is 2.46. The second-order valence-corrected chi connectivity index (χ2v) is 4.63. The molecule has 1 rings (SSSR count). The van der Waals surface area contributed by atoms with E-state index in [1.165, 1.54) is 16.8 Å². The van der Waals surface area contributed by atoms with Crippen LogP contribution in [0.4, 0.5) is 0 Å². The Morgan fingerprint density at radius 1 is 1.35 bits per heavy atom. The second kappa shape index (κ2) is 5.29. The van der Waals surface area contributed by atoms with Crippen molar-refractivity contribution < 1.29 is 5.11 Å². The number of hydrogen-bond donors (Lipinski definition) is 2. The SMILES string of the molecule is CC(C)(O)CCn1ccc(=O)n(CCN)c1=O. The van der Waals surface area contributed by atoms with Gasteiger partial charge in [-0.2, -0.15) is 0 Å². The molecule has 1 aromatic heterocycles. The number of hydrogen-bond acceptors (Lipinski definition) is 4. The molecule has 0 saturated heterocycles. The molecule has 6 heteroatoms.